The average Bonchev–Trinajstić information content (AvgIpc) is 3.37. The monoisotopic (exact) mass is 501 g/mol. The van der Waals surface area contributed by atoms with Crippen LogP contribution >= 0.6 is 7.15 Å². The minimum Gasteiger partial charge on any atom is -0.371 e. The first-order valence-electron chi connectivity index (χ1n) is 10.7. The van der Waals surface area contributed by atoms with Gasteiger partial charge in [-0.15, -0.1) is 4.52 Å². The van der Waals surface area contributed by atoms with Gasteiger partial charge in [0.25, 0.3) is 0 Å². The number of nitrogens with one attached hydrogen (secondary N) is 1. The molecule has 0 aliphatic carbocycles. The van der Waals surface area contributed by atoms with Crippen LogP contribution in [0.3, 0.4) is 0 Å². The summed E-state index contributed by atoms with van der Waals surface area (Å²) in [7, 11) is -0.0775. The molecule has 9 nitrogen and oxygen atoms in total. The fourth-order valence-corrected chi connectivity index (χ4v) is 5.28. The summed E-state index contributed by atoms with van der Waals surface area (Å²) < 4.78 is 34.6. The molecule has 4 aromatic rings. The summed E-state index contributed by atoms with van der Waals surface area (Å²) >= 11 is 5.36. The van der Waals surface area contributed by atoms with Gasteiger partial charge in [0.05, 0.1) is 6.33 Å². The summed E-state index contributed by atoms with van der Waals surface area (Å²) in [6, 6.07) is 13.5. The van der Waals surface area contributed by atoms with Gasteiger partial charge in [-0.1, -0.05) is 43.3 Å². The highest BCUT2D eigenvalue weighted by Gasteiger charge is 2.48. The fraction of sp³-hybridized carbons (Fsp3) is 0.318. The van der Waals surface area contributed by atoms with Gasteiger partial charge in [0.15, 0.2) is 29.3 Å². The molecule has 1 aliphatic rings. The number of benzene rings is 2. The summed E-state index contributed by atoms with van der Waals surface area (Å²) in [4.78, 5) is 12.8. The zero-order valence-corrected chi connectivity index (χ0v) is 20.2. The number of fused-ring (bicyclic) bond motifs is 2. The predicted octanol–water partition coefficient (Wildman–Crippen LogP) is 4.69. The molecule has 5 rings (SSSR count). The number of nitrogens with zero attached hydrogens (tertiary/aromatic N) is 4. The molecule has 1 fully saturated rings. The predicted molar refractivity (Wildman–Crippen MR) is 132 cm³/mol. The van der Waals surface area contributed by atoms with Gasteiger partial charge in [-0.05, 0) is 11.5 Å². The van der Waals surface area contributed by atoms with Crippen LogP contribution in [-0.2, 0) is 21.1 Å². The minimum atomic E-state index is -2.04. The van der Waals surface area contributed by atoms with E-state index in [0.717, 1.165) is 10.8 Å². The lowest BCUT2D eigenvalue weighted by Gasteiger charge is -2.19. The number of halogens is 1. The van der Waals surface area contributed by atoms with Crippen molar-refractivity contribution in [1.82, 2.24) is 19.5 Å². The maximum Gasteiger partial charge on any atom is 0.574 e. The van der Waals surface area contributed by atoms with E-state index in [1.807, 2.05) is 49.4 Å². The maximum absolute atomic E-state index is 15.6. The van der Waals surface area contributed by atoms with Crippen molar-refractivity contribution in [2.45, 2.75) is 25.4 Å². The van der Waals surface area contributed by atoms with Gasteiger partial charge < -0.3 is 15.8 Å². The number of aromatic nitrogens is 4. The van der Waals surface area contributed by atoms with Crippen molar-refractivity contribution in [2.75, 3.05) is 24.7 Å². The molecule has 3 heterocycles. The second-order valence-corrected chi connectivity index (χ2v) is 9.93. The Morgan fingerprint density at radius 1 is 1.29 bits per heavy atom. The number of nitrogen functional groups attached to an aromatic ring is 1. The van der Waals surface area contributed by atoms with E-state index in [2.05, 4.69) is 20.3 Å². The minimum absolute atomic E-state index is 0.0847. The average molecular weight is 502 g/mol. The first-order chi connectivity index (χ1) is 16.4. The Labute approximate surface area is 201 Å². The highest BCUT2D eigenvalue weighted by atomic mass is 32.4. The second-order valence-electron chi connectivity index (χ2n) is 8.14. The Kier molecular flexibility index (Phi) is 6.03. The van der Waals surface area contributed by atoms with Crippen LogP contribution in [0.25, 0.3) is 21.9 Å². The number of alkyl halides is 1. The van der Waals surface area contributed by atoms with Crippen molar-refractivity contribution in [2.24, 2.45) is 5.92 Å². The Bertz CT molecular complexity index is 1380. The summed E-state index contributed by atoms with van der Waals surface area (Å²) in [6.07, 6.45) is 1.02. The maximum atomic E-state index is 15.6. The third kappa shape index (κ3) is 4.27. The van der Waals surface area contributed by atoms with Crippen LogP contribution in [0.5, 0.6) is 5.75 Å². The fourth-order valence-electron chi connectivity index (χ4n) is 4.21. The van der Waals surface area contributed by atoms with Crippen LogP contribution in [-0.4, -0.2) is 39.0 Å². The quantitative estimate of drug-likeness (QED) is 0.349. The largest absolute Gasteiger partial charge is 0.574 e. The molecule has 1 unspecified atom stereocenters. The third-order valence-electron chi connectivity index (χ3n) is 5.70. The Balaban J connectivity index is 1.29. The highest BCUT2D eigenvalue weighted by molar-refractivity contribution is 8.00. The molecule has 2 aromatic carbocycles. The van der Waals surface area contributed by atoms with Gasteiger partial charge in [-0.2, -0.15) is 9.97 Å². The van der Waals surface area contributed by atoms with Crippen LogP contribution < -0.4 is 15.6 Å². The summed E-state index contributed by atoms with van der Waals surface area (Å²) in [6.45, 7) is 1.55. The molecule has 0 saturated carbocycles. The molecule has 0 radical (unpaired) electrons. The van der Waals surface area contributed by atoms with Gasteiger partial charge in [-0.25, -0.2) is 13.9 Å². The normalized spacial score (nSPS) is 22.9. The van der Waals surface area contributed by atoms with E-state index in [9.17, 15) is 0 Å². The van der Waals surface area contributed by atoms with E-state index in [-0.39, 0.29) is 24.9 Å². The van der Waals surface area contributed by atoms with Crippen LogP contribution in [0.4, 0.5) is 16.2 Å². The standard InChI is InChI=1S/C22H23FN6O3PS/c1-13-10-22(23,11-30-33(34)32-16-9-5-7-14-6-3-4-8-15(14)16)31-20(13)29-12-26-17-18(25-2)27-21(24)28-19(17)29/h3-9,12-13,20H,10-11H2,1-2H3,(H3,24,25,27,28)/q+1/t13-,20+,22-/m0/s1. The molecule has 0 spiro atoms. The van der Waals surface area contributed by atoms with Gasteiger partial charge in [-0.3, -0.25) is 4.57 Å². The second kappa shape index (κ2) is 8.99. The van der Waals surface area contributed by atoms with E-state index in [0.29, 0.717) is 22.7 Å². The van der Waals surface area contributed by atoms with Crippen molar-refractivity contribution in [1.29, 1.82) is 0 Å². The van der Waals surface area contributed by atoms with Crippen molar-refractivity contribution in [3.8, 4) is 5.75 Å². The number of nitrogens with two attached hydrogens (primary N) is 1. The molecule has 34 heavy (non-hydrogen) atoms. The van der Waals surface area contributed by atoms with Gasteiger partial charge in [0, 0.05) is 24.8 Å². The van der Waals surface area contributed by atoms with Crippen LogP contribution in [0, 0.1) is 5.92 Å². The van der Waals surface area contributed by atoms with E-state index in [1.165, 1.54) is 0 Å². The zero-order valence-electron chi connectivity index (χ0n) is 18.5. The number of anilines is 2. The first kappa shape index (κ1) is 22.8. The van der Waals surface area contributed by atoms with Crippen molar-refractivity contribution in [3.05, 3.63) is 48.8 Å². The zero-order chi connectivity index (χ0) is 23.9. The molecule has 12 heteroatoms. The van der Waals surface area contributed by atoms with Crippen molar-refractivity contribution < 1.29 is 18.2 Å². The molecule has 1 aliphatic heterocycles. The molecule has 2 aromatic heterocycles. The number of imidazole rings is 1. The van der Waals surface area contributed by atoms with E-state index in [4.69, 9.17) is 31.3 Å². The lowest BCUT2D eigenvalue weighted by Crippen LogP contribution is -2.28. The Morgan fingerprint density at radius 2 is 2.09 bits per heavy atom. The van der Waals surface area contributed by atoms with Gasteiger partial charge >= 0.3 is 7.15 Å². The van der Waals surface area contributed by atoms with Crippen molar-refractivity contribution >= 4 is 52.7 Å². The Morgan fingerprint density at radius 3 is 2.91 bits per heavy atom. The van der Waals surface area contributed by atoms with E-state index < -0.39 is 19.2 Å². The number of rotatable bonds is 7. The van der Waals surface area contributed by atoms with E-state index in [1.54, 1.807) is 17.9 Å². The van der Waals surface area contributed by atoms with Gasteiger partial charge in [0.2, 0.25) is 23.6 Å². The molecule has 1 saturated heterocycles. The van der Waals surface area contributed by atoms with E-state index >= 15 is 4.39 Å². The molecule has 4 atom stereocenters. The number of hydrogen-bond donors (Lipinski definition) is 2. The van der Waals surface area contributed by atoms with Crippen LogP contribution in [0.15, 0.2) is 48.8 Å². The molecule has 0 amide bonds. The summed E-state index contributed by atoms with van der Waals surface area (Å²) in [5.74, 6) is -1.04. The van der Waals surface area contributed by atoms with Crippen LogP contribution in [0.1, 0.15) is 19.6 Å². The SMILES string of the molecule is CNc1nc(N)nc2c1ncn2[C@@H]1O[C@](F)(CO[P+](=S)Oc2cccc3ccccc23)C[C@@H]1C. The number of ether oxygens (including phenoxy) is 1. The number of hydrogen-bond acceptors (Lipinski definition) is 9. The summed E-state index contributed by atoms with van der Waals surface area (Å²) in [5, 5.41) is 4.88. The topological polar surface area (TPSA) is 109 Å². The third-order valence-corrected chi connectivity index (χ3v) is 6.93. The molecular formula is C22H23FN6O3PS+. The Hall–Kier alpha value is -2.98. The first-order valence-corrected chi connectivity index (χ1v) is 12.9. The molecule has 176 valence electrons. The van der Waals surface area contributed by atoms with Crippen LogP contribution in [0.2, 0.25) is 0 Å². The molecular weight excluding hydrogens is 478 g/mol. The smallest absolute Gasteiger partial charge is 0.371 e. The van der Waals surface area contributed by atoms with Crippen molar-refractivity contribution in [3.63, 3.8) is 0 Å². The highest BCUT2D eigenvalue weighted by Crippen LogP contribution is 2.45. The molecule has 3 N–H and O–H groups in total. The van der Waals surface area contributed by atoms with Gasteiger partial charge in [0.1, 0.15) is 6.23 Å². The lowest BCUT2D eigenvalue weighted by atomic mass is 10.1. The lowest BCUT2D eigenvalue weighted by molar-refractivity contribution is -0.172. The summed E-state index contributed by atoms with van der Waals surface area (Å²) in [5.41, 5.74) is 6.82. The molecule has 0 bridgehead atoms.